The Hall–Kier alpha value is -0.650. The molecule has 0 bridgehead atoms. The van der Waals surface area contributed by atoms with E-state index in [0.717, 1.165) is 31.6 Å². The van der Waals surface area contributed by atoms with Crippen LogP contribution in [-0.4, -0.2) is 60.0 Å². The van der Waals surface area contributed by atoms with Gasteiger partial charge in [0.05, 0.1) is 5.41 Å². The fourth-order valence-electron chi connectivity index (χ4n) is 4.33. The molecule has 0 aromatic heterocycles. The van der Waals surface area contributed by atoms with Crippen LogP contribution in [-0.2, 0) is 10.2 Å². The Morgan fingerprint density at radius 2 is 1.91 bits per heavy atom. The van der Waals surface area contributed by atoms with Gasteiger partial charge in [-0.2, -0.15) is 23.5 Å². The molecule has 23 heavy (non-hydrogen) atoms. The number of thioether (sulfide) groups is 2. The zero-order chi connectivity index (χ0) is 15.9. The highest BCUT2D eigenvalue weighted by atomic mass is 32.2. The number of anilines is 1. The fourth-order valence-corrected chi connectivity index (χ4v) is 6.95. The first-order valence-corrected chi connectivity index (χ1v) is 10.8. The maximum Gasteiger partial charge on any atom is 0.238 e. The van der Waals surface area contributed by atoms with E-state index >= 15 is 0 Å². The molecule has 0 N–H and O–H groups in total. The zero-order valence-corrected chi connectivity index (χ0v) is 15.3. The molecule has 1 amide bonds. The maximum atomic E-state index is 13.1. The maximum absolute atomic E-state index is 13.1. The largest absolute Gasteiger partial charge is 0.314 e. The molecule has 3 aliphatic rings. The number of amides is 1. The Morgan fingerprint density at radius 3 is 2.70 bits per heavy atom. The van der Waals surface area contributed by atoms with Crippen LogP contribution in [0, 0.1) is 0 Å². The molecule has 3 nitrogen and oxygen atoms in total. The Bertz CT molecular complexity index is 600. The first kappa shape index (κ1) is 15.9. The van der Waals surface area contributed by atoms with Crippen LogP contribution in [0.1, 0.15) is 18.4 Å². The minimum Gasteiger partial charge on any atom is -0.314 e. The van der Waals surface area contributed by atoms with E-state index in [2.05, 4.69) is 46.6 Å². The van der Waals surface area contributed by atoms with E-state index in [-0.39, 0.29) is 5.41 Å². The van der Waals surface area contributed by atoms with Gasteiger partial charge in [-0.25, -0.2) is 0 Å². The number of para-hydroxylation sites is 1. The number of likely N-dealkylation sites (tertiary alicyclic amines) is 1. The van der Waals surface area contributed by atoms with Crippen LogP contribution in [0.2, 0.25) is 0 Å². The molecule has 1 aromatic rings. The van der Waals surface area contributed by atoms with Gasteiger partial charge in [0, 0.05) is 48.3 Å². The van der Waals surface area contributed by atoms with E-state index in [1.165, 1.54) is 28.6 Å². The molecule has 1 spiro atoms. The molecule has 0 aliphatic carbocycles. The van der Waals surface area contributed by atoms with E-state index in [0.29, 0.717) is 11.9 Å². The molecule has 2 saturated heterocycles. The molecule has 1 unspecified atom stereocenters. The van der Waals surface area contributed by atoms with Crippen molar-refractivity contribution in [1.82, 2.24) is 4.90 Å². The number of carbonyl (C=O) groups excluding carboxylic acids is 1. The minimum atomic E-state index is -0.300. The lowest BCUT2D eigenvalue weighted by Gasteiger charge is -2.42. The molecule has 0 radical (unpaired) electrons. The van der Waals surface area contributed by atoms with Crippen molar-refractivity contribution in [2.24, 2.45) is 0 Å². The van der Waals surface area contributed by atoms with Crippen LogP contribution in [0.5, 0.6) is 0 Å². The van der Waals surface area contributed by atoms with E-state index in [1.54, 1.807) is 0 Å². The lowest BCUT2D eigenvalue weighted by molar-refractivity contribution is -0.125. The van der Waals surface area contributed by atoms with Crippen molar-refractivity contribution in [2.45, 2.75) is 24.3 Å². The first-order valence-electron chi connectivity index (χ1n) is 8.49. The van der Waals surface area contributed by atoms with Gasteiger partial charge in [-0.3, -0.25) is 9.69 Å². The molecule has 124 valence electrons. The summed E-state index contributed by atoms with van der Waals surface area (Å²) in [4.78, 5) is 17.6. The third-order valence-electron chi connectivity index (χ3n) is 5.53. The van der Waals surface area contributed by atoms with Gasteiger partial charge in [-0.15, -0.1) is 0 Å². The van der Waals surface area contributed by atoms with Crippen molar-refractivity contribution in [3.63, 3.8) is 0 Å². The number of benzene rings is 1. The summed E-state index contributed by atoms with van der Waals surface area (Å²) >= 11 is 4.16. The van der Waals surface area contributed by atoms with Crippen molar-refractivity contribution in [2.75, 3.05) is 48.0 Å². The van der Waals surface area contributed by atoms with Crippen LogP contribution in [0.15, 0.2) is 24.3 Å². The minimum absolute atomic E-state index is 0.300. The topological polar surface area (TPSA) is 23.6 Å². The molecule has 1 aromatic carbocycles. The highest BCUT2D eigenvalue weighted by molar-refractivity contribution is 8.03. The van der Waals surface area contributed by atoms with Crippen molar-refractivity contribution in [1.29, 1.82) is 0 Å². The zero-order valence-electron chi connectivity index (χ0n) is 13.7. The normalized spacial score (nSPS) is 29.8. The van der Waals surface area contributed by atoms with Crippen LogP contribution in [0.3, 0.4) is 0 Å². The van der Waals surface area contributed by atoms with Gasteiger partial charge in [0.25, 0.3) is 0 Å². The summed E-state index contributed by atoms with van der Waals surface area (Å²) in [6, 6.07) is 9.02. The second-order valence-electron chi connectivity index (χ2n) is 6.84. The fraction of sp³-hybridized carbons (Fsp3) is 0.611. The highest BCUT2D eigenvalue weighted by Gasteiger charge is 2.52. The van der Waals surface area contributed by atoms with Crippen molar-refractivity contribution in [3.8, 4) is 0 Å². The number of hydrogen-bond acceptors (Lipinski definition) is 4. The van der Waals surface area contributed by atoms with E-state index in [9.17, 15) is 4.79 Å². The lowest BCUT2D eigenvalue weighted by Crippen LogP contribution is -2.55. The Balaban J connectivity index is 1.64. The summed E-state index contributed by atoms with van der Waals surface area (Å²) in [5.41, 5.74) is 2.07. The van der Waals surface area contributed by atoms with Gasteiger partial charge in [-0.1, -0.05) is 18.2 Å². The third kappa shape index (κ3) is 2.61. The summed E-state index contributed by atoms with van der Waals surface area (Å²) in [6.07, 6.45) is 2.12. The van der Waals surface area contributed by atoms with Crippen molar-refractivity contribution in [3.05, 3.63) is 29.8 Å². The average molecular weight is 349 g/mol. The van der Waals surface area contributed by atoms with E-state index in [1.807, 2.05) is 18.0 Å². The second-order valence-corrected chi connectivity index (χ2v) is 9.14. The third-order valence-corrected chi connectivity index (χ3v) is 8.01. The monoisotopic (exact) mass is 348 g/mol. The molecule has 1 atom stereocenters. The van der Waals surface area contributed by atoms with Crippen molar-refractivity contribution < 1.29 is 4.79 Å². The predicted molar refractivity (Wildman–Crippen MR) is 101 cm³/mol. The average Bonchev–Trinajstić information content (AvgIpc) is 2.82. The first-order chi connectivity index (χ1) is 11.2. The number of likely N-dealkylation sites (N-methyl/N-ethyl adjacent to an activating group) is 1. The molecular formula is C18H24N2OS2. The van der Waals surface area contributed by atoms with Crippen LogP contribution < -0.4 is 4.90 Å². The summed E-state index contributed by atoms with van der Waals surface area (Å²) in [5, 5.41) is 0. The Labute approximate surface area is 147 Å². The molecule has 3 heterocycles. The van der Waals surface area contributed by atoms with Gasteiger partial charge >= 0.3 is 0 Å². The standard InChI is InChI=1S/C18H24N2OS2/c1-19-16-6-3-2-5-15(16)18(17(19)21)7-4-8-20(13-18)14-11-22-9-10-23-12-14/h2-3,5-6,14H,4,7-13H2,1H3. The SMILES string of the molecule is CN1C(=O)C2(CCCN(C3CSCCSC3)C2)c2ccccc21. The number of fused-ring (bicyclic) bond motifs is 2. The van der Waals surface area contributed by atoms with Crippen LogP contribution in [0.25, 0.3) is 0 Å². The van der Waals surface area contributed by atoms with Gasteiger partial charge in [-0.05, 0) is 31.0 Å². The predicted octanol–water partition coefficient (Wildman–Crippen LogP) is 2.85. The van der Waals surface area contributed by atoms with Crippen molar-refractivity contribution >= 4 is 35.1 Å². The van der Waals surface area contributed by atoms with Gasteiger partial charge < -0.3 is 4.90 Å². The Morgan fingerprint density at radius 1 is 1.17 bits per heavy atom. The molecule has 0 saturated carbocycles. The number of hydrogen-bond donors (Lipinski definition) is 0. The van der Waals surface area contributed by atoms with Gasteiger partial charge in [0.1, 0.15) is 0 Å². The summed E-state index contributed by atoms with van der Waals surface area (Å²) in [7, 11) is 1.94. The quantitative estimate of drug-likeness (QED) is 0.779. The lowest BCUT2D eigenvalue weighted by atomic mass is 9.74. The molecule has 3 aliphatic heterocycles. The summed E-state index contributed by atoms with van der Waals surface area (Å²) in [6.45, 7) is 2.05. The molecule has 2 fully saturated rings. The summed E-state index contributed by atoms with van der Waals surface area (Å²) in [5.74, 6) is 5.27. The number of rotatable bonds is 1. The van der Waals surface area contributed by atoms with Crippen LogP contribution >= 0.6 is 23.5 Å². The molecule has 5 heteroatoms. The van der Waals surface area contributed by atoms with Gasteiger partial charge in [0.2, 0.25) is 5.91 Å². The highest BCUT2D eigenvalue weighted by Crippen LogP contribution is 2.46. The smallest absolute Gasteiger partial charge is 0.238 e. The number of nitrogens with zero attached hydrogens (tertiary/aromatic N) is 2. The number of carbonyl (C=O) groups is 1. The van der Waals surface area contributed by atoms with Gasteiger partial charge in [0.15, 0.2) is 0 Å². The number of piperidine rings is 1. The molecular weight excluding hydrogens is 324 g/mol. The van der Waals surface area contributed by atoms with E-state index in [4.69, 9.17) is 0 Å². The Kier molecular flexibility index (Phi) is 4.37. The summed E-state index contributed by atoms with van der Waals surface area (Å²) < 4.78 is 0. The van der Waals surface area contributed by atoms with E-state index < -0.39 is 0 Å². The molecule has 4 rings (SSSR count). The van der Waals surface area contributed by atoms with Crippen LogP contribution in [0.4, 0.5) is 5.69 Å². The second kappa shape index (κ2) is 6.34.